The molecule has 0 aromatic heterocycles. The lowest BCUT2D eigenvalue weighted by Gasteiger charge is -2.26. The Morgan fingerprint density at radius 3 is 2.75 bits per heavy atom. The summed E-state index contributed by atoms with van der Waals surface area (Å²) in [4.78, 5) is 12.2. The standard InChI is InChI=1S/C16H18O3S/c1-15(2)18-14-9-8-13(17)16(14,19-15)11-20-10-12-6-4-3-5-7-12/h3-9,14H,10-11H2,1-2H3/t14-,16+/m1/s1. The van der Waals surface area contributed by atoms with Gasteiger partial charge in [0.2, 0.25) is 0 Å². The fourth-order valence-corrected chi connectivity index (χ4v) is 3.90. The zero-order chi connectivity index (χ0) is 14.2. The van der Waals surface area contributed by atoms with Crippen LogP contribution in [0.25, 0.3) is 0 Å². The molecule has 1 heterocycles. The Morgan fingerprint density at radius 2 is 2.00 bits per heavy atom. The number of hydrogen-bond acceptors (Lipinski definition) is 4. The second kappa shape index (κ2) is 5.02. The Morgan fingerprint density at radius 1 is 1.25 bits per heavy atom. The van der Waals surface area contributed by atoms with Crippen LogP contribution >= 0.6 is 11.8 Å². The lowest BCUT2D eigenvalue weighted by molar-refractivity contribution is -0.166. The number of carbonyl (C=O) groups is 1. The Balaban J connectivity index is 1.68. The first-order valence-electron chi connectivity index (χ1n) is 6.74. The van der Waals surface area contributed by atoms with Crippen molar-refractivity contribution in [3.8, 4) is 0 Å². The minimum absolute atomic E-state index is 0.0219. The lowest BCUT2D eigenvalue weighted by Crippen LogP contribution is -2.45. The normalized spacial score (nSPS) is 30.7. The molecule has 1 aliphatic heterocycles. The van der Waals surface area contributed by atoms with E-state index in [-0.39, 0.29) is 11.9 Å². The first kappa shape index (κ1) is 13.9. The van der Waals surface area contributed by atoms with E-state index in [4.69, 9.17) is 9.47 Å². The van der Waals surface area contributed by atoms with Crippen molar-refractivity contribution in [3.63, 3.8) is 0 Å². The van der Waals surface area contributed by atoms with Crippen LogP contribution in [0.15, 0.2) is 42.5 Å². The molecule has 1 saturated heterocycles. The minimum atomic E-state index is -0.830. The van der Waals surface area contributed by atoms with E-state index in [1.165, 1.54) is 5.56 Å². The quantitative estimate of drug-likeness (QED) is 0.854. The zero-order valence-corrected chi connectivity index (χ0v) is 12.5. The Kier molecular flexibility index (Phi) is 3.48. The first-order chi connectivity index (χ1) is 9.52. The number of thioether (sulfide) groups is 1. The van der Waals surface area contributed by atoms with Crippen LogP contribution in [-0.2, 0) is 20.0 Å². The van der Waals surface area contributed by atoms with Crippen LogP contribution in [0.1, 0.15) is 19.4 Å². The smallest absolute Gasteiger partial charge is 0.191 e. The van der Waals surface area contributed by atoms with Gasteiger partial charge in [-0.2, -0.15) is 11.8 Å². The molecule has 1 aromatic rings. The van der Waals surface area contributed by atoms with Gasteiger partial charge in [0.15, 0.2) is 17.2 Å². The van der Waals surface area contributed by atoms with E-state index in [1.807, 2.05) is 38.1 Å². The number of rotatable bonds is 4. The molecule has 0 N–H and O–H groups in total. The molecule has 0 saturated carbocycles. The largest absolute Gasteiger partial charge is 0.340 e. The van der Waals surface area contributed by atoms with Gasteiger partial charge in [-0.3, -0.25) is 4.79 Å². The molecule has 20 heavy (non-hydrogen) atoms. The van der Waals surface area contributed by atoms with Crippen LogP contribution in [0.2, 0.25) is 0 Å². The number of carbonyl (C=O) groups excluding carboxylic acids is 1. The van der Waals surface area contributed by atoms with Crippen LogP contribution in [-0.4, -0.2) is 29.0 Å². The molecule has 0 spiro atoms. The molecule has 2 aliphatic rings. The minimum Gasteiger partial charge on any atom is -0.340 e. The molecule has 106 valence electrons. The third-order valence-corrected chi connectivity index (χ3v) is 4.74. The molecule has 4 heteroatoms. The van der Waals surface area contributed by atoms with Crippen molar-refractivity contribution in [1.29, 1.82) is 0 Å². The van der Waals surface area contributed by atoms with Crippen LogP contribution in [0.4, 0.5) is 0 Å². The van der Waals surface area contributed by atoms with Crippen molar-refractivity contribution < 1.29 is 14.3 Å². The van der Waals surface area contributed by atoms with Crippen molar-refractivity contribution in [2.24, 2.45) is 0 Å². The van der Waals surface area contributed by atoms with Gasteiger partial charge in [0, 0.05) is 11.5 Å². The highest BCUT2D eigenvalue weighted by Crippen LogP contribution is 2.43. The maximum absolute atomic E-state index is 12.2. The monoisotopic (exact) mass is 290 g/mol. The summed E-state index contributed by atoms with van der Waals surface area (Å²) in [5, 5.41) is 0. The van der Waals surface area contributed by atoms with Crippen LogP contribution in [0.3, 0.4) is 0 Å². The highest BCUT2D eigenvalue weighted by atomic mass is 32.2. The van der Waals surface area contributed by atoms with Gasteiger partial charge in [-0.05, 0) is 31.6 Å². The molecule has 0 bridgehead atoms. The summed E-state index contributed by atoms with van der Waals surface area (Å²) < 4.78 is 11.8. The molecule has 3 nitrogen and oxygen atoms in total. The predicted molar refractivity (Wildman–Crippen MR) is 79.5 cm³/mol. The average Bonchev–Trinajstić information content (AvgIpc) is 2.83. The number of ketones is 1. The molecule has 3 rings (SSSR count). The fraction of sp³-hybridized carbons (Fsp3) is 0.438. The summed E-state index contributed by atoms with van der Waals surface area (Å²) in [6.45, 7) is 3.71. The molecule has 1 fully saturated rings. The van der Waals surface area contributed by atoms with E-state index in [0.717, 1.165) is 5.75 Å². The molecule has 0 radical (unpaired) electrons. The number of ether oxygens (including phenoxy) is 2. The molecule has 1 aliphatic carbocycles. The van der Waals surface area contributed by atoms with Gasteiger partial charge in [0.1, 0.15) is 6.10 Å². The highest BCUT2D eigenvalue weighted by Gasteiger charge is 2.58. The average molecular weight is 290 g/mol. The van der Waals surface area contributed by atoms with Crippen molar-refractivity contribution in [1.82, 2.24) is 0 Å². The molecule has 0 unspecified atom stereocenters. The summed E-state index contributed by atoms with van der Waals surface area (Å²) in [6, 6.07) is 10.2. The topological polar surface area (TPSA) is 35.5 Å². The highest BCUT2D eigenvalue weighted by molar-refractivity contribution is 7.98. The van der Waals surface area contributed by atoms with Gasteiger partial charge < -0.3 is 9.47 Å². The van der Waals surface area contributed by atoms with Gasteiger partial charge in [0.05, 0.1) is 0 Å². The van der Waals surface area contributed by atoms with Gasteiger partial charge in [-0.25, -0.2) is 0 Å². The van der Waals surface area contributed by atoms with Gasteiger partial charge >= 0.3 is 0 Å². The van der Waals surface area contributed by atoms with E-state index in [2.05, 4.69) is 12.1 Å². The third-order valence-electron chi connectivity index (χ3n) is 3.57. The van der Waals surface area contributed by atoms with Crippen molar-refractivity contribution in [2.45, 2.75) is 37.1 Å². The third kappa shape index (κ3) is 2.43. The van der Waals surface area contributed by atoms with Crippen molar-refractivity contribution in [3.05, 3.63) is 48.0 Å². The molecule has 1 aromatic carbocycles. The maximum atomic E-state index is 12.2. The first-order valence-corrected chi connectivity index (χ1v) is 7.90. The second-order valence-electron chi connectivity index (χ2n) is 5.63. The summed E-state index contributed by atoms with van der Waals surface area (Å²) in [5.74, 6) is 0.806. The molecule has 2 atom stereocenters. The maximum Gasteiger partial charge on any atom is 0.191 e. The Bertz CT molecular complexity index is 538. The van der Waals surface area contributed by atoms with Crippen molar-refractivity contribution in [2.75, 3.05) is 5.75 Å². The number of benzene rings is 1. The van der Waals surface area contributed by atoms with Crippen LogP contribution in [0.5, 0.6) is 0 Å². The van der Waals surface area contributed by atoms with E-state index in [9.17, 15) is 4.79 Å². The summed E-state index contributed by atoms with van der Waals surface area (Å²) in [7, 11) is 0. The number of fused-ring (bicyclic) bond motifs is 1. The SMILES string of the molecule is CC1(C)O[C@@H]2C=CC(=O)[C@]2(CSCc2ccccc2)O1. The van der Waals surface area contributed by atoms with Crippen LogP contribution < -0.4 is 0 Å². The van der Waals surface area contributed by atoms with Crippen molar-refractivity contribution >= 4 is 17.5 Å². The van der Waals surface area contributed by atoms with Gasteiger partial charge in [-0.1, -0.05) is 30.3 Å². The molecular formula is C16H18O3S. The predicted octanol–water partition coefficient (Wildman–Crippen LogP) is 2.95. The van der Waals surface area contributed by atoms with E-state index in [0.29, 0.717) is 5.75 Å². The summed E-state index contributed by atoms with van der Waals surface area (Å²) >= 11 is 1.71. The summed E-state index contributed by atoms with van der Waals surface area (Å²) in [6.07, 6.45) is 3.15. The van der Waals surface area contributed by atoms with Gasteiger partial charge in [-0.15, -0.1) is 0 Å². The van der Waals surface area contributed by atoms with E-state index < -0.39 is 11.4 Å². The Labute approximate surface area is 123 Å². The summed E-state index contributed by atoms with van der Waals surface area (Å²) in [5.41, 5.74) is 0.421. The molecule has 0 amide bonds. The fourth-order valence-electron chi connectivity index (χ4n) is 2.70. The van der Waals surface area contributed by atoms with Crippen LogP contribution in [0, 0.1) is 0 Å². The lowest BCUT2D eigenvalue weighted by atomic mass is 10.0. The second-order valence-corrected chi connectivity index (χ2v) is 6.62. The zero-order valence-electron chi connectivity index (χ0n) is 11.7. The van der Waals surface area contributed by atoms with E-state index in [1.54, 1.807) is 17.8 Å². The van der Waals surface area contributed by atoms with E-state index >= 15 is 0 Å². The van der Waals surface area contributed by atoms with Gasteiger partial charge in [0.25, 0.3) is 0 Å². The Hall–Kier alpha value is -1.10. The number of hydrogen-bond donors (Lipinski definition) is 0. The molecular weight excluding hydrogens is 272 g/mol.